The Morgan fingerprint density at radius 3 is 1.69 bits per heavy atom. The minimum absolute atomic E-state index is 0.0599. The first-order valence-electron chi connectivity index (χ1n) is 8.40. The van der Waals surface area contributed by atoms with Crippen molar-refractivity contribution >= 4 is 28.7 Å². The van der Waals surface area contributed by atoms with Crippen LogP contribution in [0.15, 0.2) is 42.5 Å². The van der Waals surface area contributed by atoms with Gasteiger partial charge < -0.3 is 20.1 Å². The molecule has 0 aliphatic heterocycles. The summed E-state index contributed by atoms with van der Waals surface area (Å²) >= 11 is 4.94. The van der Waals surface area contributed by atoms with Gasteiger partial charge in [-0.2, -0.15) is 39.5 Å². The van der Waals surface area contributed by atoms with Crippen molar-refractivity contribution in [3.05, 3.63) is 48.0 Å². The highest BCUT2D eigenvalue weighted by Gasteiger charge is 2.31. The van der Waals surface area contributed by atoms with Crippen LogP contribution in [0.5, 0.6) is 11.5 Å². The zero-order chi connectivity index (χ0) is 24.2. The van der Waals surface area contributed by atoms with Gasteiger partial charge in [0.05, 0.1) is 5.56 Å². The third kappa shape index (κ3) is 9.08. The average molecular weight is 492 g/mol. The summed E-state index contributed by atoms with van der Waals surface area (Å²) in [7, 11) is 0. The van der Waals surface area contributed by atoms with E-state index in [1.807, 2.05) is 0 Å². The number of alkyl halides is 9. The molecule has 0 saturated heterocycles. The van der Waals surface area contributed by atoms with E-state index in [0.29, 0.717) is 0 Å². The van der Waals surface area contributed by atoms with Crippen LogP contribution in [0, 0.1) is 0 Å². The van der Waals surface area contributed by atoms with Gasteiger partial charge in [-0.1, -0.05) is 6.07 Å². The van der Waals surface area contributed by atoms with Crippen LogP contribution in [0.4, 0.5) is 50.9 Å². The maximum absolute atomic E-state index is 12.8. The number of nitrogens with one attached hydrogen (secondary N) is 2. The lowest BCUT2D eigenvalue weighted by molar-refractivity contribution is -0.153. The molecule has 0 heterocycles. The molecule has 0 unspecified atom stereocenters. The van der Waals surface area contributed by atoms with Gasteiger partial charge in [0.1, 0.15) is 11.5 Å². The zero-order valence-corrected chi connectivity index (χ0v) is 16.4. The van der Waals surface area contributed by atoms with Crippen LogP contribution in [0.25, 0.3) is 0 Å². The Hall–Kier alpha value is -2.90. The Kier molecular flexibility index (Phi) is 7.70. The molecule has 4 nitrogen and oxygen atoms in total. The lowest BCUT2D eigenvalue weighted by Gasteiger charge is -2.16. The van der Waals surface area contributed by atoms with E-state index < -0.39 is 48.8 Å². The monoisotopic (exact) mass is 492 g/mol. The molecular formula is C18H13F9N2O2S. The molecule has 0 aliphatic rings. The molecule has 0 fully saturated rings. The summed E-state index contributed by atoms with van der Waals surface area (Å²) in [5.41, 5.74) is -1.16. The standard InChI is InChI=1S/C18H13F9N2O2S/c19-16(20,21)8-30-13-5-12(6-14(7-13)31-9-17(22,23)24)29-15(32)28-11-3-1-2-10(4-11)18(25,26)27/h1-7H,8-9H2,(H2,28,29,32). The molecule has 2 N–H and O–H groups in total. The van der Waals surface area contributed by atoms with Crippen molar-refractivity contribution in [3.63, 3.8) is 0 Å². The van der Waals surface area contributed by atoms with Gasteiger partial charge in [-0.15, -0.1) is 0 Å². The number of benzene rings is 2. The van der Waals surface area contributed by atoms with Crippen LogP contribution in [0.1, 0.15) is 5.56 Å². The fourth-order valence-corrected chi connectivity index (χ4v) is 2.44. The fourth-order valence-electron chi connectivity index (χ4n) is 2.21. The number of hydrogen-bond acceptors (Lipinski definition) is 3. The van der Waals surface area contributed by atoms with Crippen LogP contribution in [-0.4, -0.2) is 30.7 Å². The second-order valence-electron chi connectivity index (χ2n) is 6.16. The third-order valence-corrected chi connectivity index (χ3v) is 3.59. The maximum atomic E-state index is 12.8. The molecule has 0 bridgehead atoms. The van der Waals surface area contributed by atoms with Gasteiger partial charge in [-0.25, -0.2) is 0 Å². The SMILES string of the molecule is FC(F)(F)COc1cc(NC(=S)Nc2cccc(C(F)(F)F)c2)cc(OCC(F)(F)F)c1. The van der Waals surface area contributed by atoms with Gasteiger partial charge >= 0.3 is 18.5 Å². The van der Waals surface area contributed by atoms with Crippen molar-refractivity contribution < 1.29 is 49.0 Å². The molecule has 176 valence electrons. The van der Waals surface area contributed by atoms with Crippen LogP contribution >= 0.6 is 12.2 Å². The summed E-state index contributed by atoms with van der Waals surface area (Å²) in [5, 5.41) is 4.58. The molecule has 0 aromatic heterocycles. The first-order chi connectivity index (χ1) is 14.6. The molecule has 0 atom stereocenters. The first-order valence-corrected chi connectivity index (χ1v) is 8.81. The smallest absolute Gasteiger partial charge is 0.422 e. The van der Waals surface area contributed by atoms with E-state index in [2.05, 4.69) is 20.1 Å². The molecule has 0 radical (unpaired) electrons. The van der Waals surface area contributed by atoms with Crippen molar-refractivity contribution in [1.29, 1.82) is 0 Å². The van der Waals surface area contributed by atoms with Crippen molar-refractivity contribution in [2.45, 2.75) is 18.5 Å². The van der Waals surface area contributed by atoms with Crippen LogP contribution in [-0.2, 0) is 6.18 Å². The highest BCUT2D eigenvalue weighted by molar-refractivity contribution is 7.80. The van der Waals surface area contributed by atoms with Crippen LogP contribution in [0.2, 0.25) is 0 Å². The molecule has 2 rings (SSSR count). The molecule has 0 saturated carbocycles. The zero-order valence-electron chi connectivity index (χ0n) is 15.6. The maximum Gasteiger partial charge on any atom is 0.422 e. The minimum atomic E-state index is -4.71. The Bertz CT molecular complexity index is 907. The second-order valence-corrected chi connectivity index (χ2v) is 6.57. The normalized spacial score (nSPS) is 12.3. The van der Waals surface area contributed by atoms with E-state index in [1.165, 1.54) is 6.07 Å². The Labute approximate surface area is 180 Å². The number of anilines is 2. The summed E-state index contributed by atoms with van der Waals surface area (Å²) in [6, 6.07) is 6.76. The number of hydrogen-bond donors (Lipinski definition) is 2. The molecular weight excluding hydrogens is 479 g/mol. The van der Waals surface area contributed by atoms with E-state index in [4.69, 9.17) is 12.2 Å². The van der Waals surface area contributed by atoms with Gasteiger partial charge in [0, 0.05) is 29.6 Å². The number of thiocarbonyl (C=S) groups is 1. The fraction of sp³-hybridized carbons (Fsp3) is 0.278. The van der Waals surface area contributed by atoms with Crippen molar-refractivity contribution in [3.8, 4) is 11.5 Å². The van der Waals surface area contributed by atoms with Crippen LogP contribution < -0.4 is 20.1 Å². The second kappa shape index (κ2) is 9.71. The molecule has 32 heavy (non-hydrogen) atoms. The Morgan fingerprint density at radius 2 is 1.22 bits per heavy atom. The number of ether oxygens (including phenoxy) is 2. The molecule has 0 spiro atoms. The van der Waals surface area contributed by atoms with E-state index >= 15 is 0 Å². The highest BCUT2D eigenvalue weighted by atomic mass is 32.1. The topological polar surface area (TPSA) is 42.5 Å². The van der Waals surface area contributed by atoms with Crippen molar-refractivity contribution in [1.82, 2.24) is 0 Å². The summed E-state index contributed by atoms with van der Waals surface area (Å²) < 4.78 is 122. The van der Waals surface area contributed by atoms with Gasteiger partial charge in [0.15, 0.2) is 18.3 Å². The third-order valence-electron chi connectivity index (χ3n) is 3.39. The Balaban J connectivity index is 2.18. The highest BCUT2D eigenvalue weighted by Crippen LogP contribution is 2.31. The summed E-state index contributed by atoms with van der Waals surface area (Å²) in [4.78, 5) is 0. The Morgan fingerprint density at radius 1 is 0.719 bits per heavy atom. The number of rotatable bonds is 6. The number of halogens is 9. The first kappa shape index (κ1) is 25.4. The van der Waals surface area contributed by atoms with E-state index in [0.717, 1.165) is 36.4 Å². The van der Waals surface area contributed by atoms with E-state index in [9.17, 15) is 39.5 Å². The van der Waals surface area contributed by atoms with E-state index in [1.54, 1.807) is 0 Å². The van der Waals surface area contributed by atoms with Crippen molar-refractivity contribution in [2.24, 2.45) is 0 Å². The summed E-state index contributed by atoms with van der Waals surface area (Å²) in [6.45, 7) is -3.44. The predicted molar refractivity (Wildman–Crippen MR) is 101 cm³/mol. The lowest BCUT2D eigenvalue weighted by atomic mass is 10.2. The van der Waals surface area contributed by atoms with Crippen LogP contribution in [0.3, 0.4) is 0 Å². The van der Waals surface area contributed by atoms with Gasteiger partial charge in [0.2, 0.25) is 0 Å². The average Bonchev–Trinajstić information content (AvgIpc) is 2.63. The van der Waals surface area contributed by atoms with Gasteiger partial charge in [-0.3, -0.25) is 0 Å². The minimum Gasteiger partial charge on any atom is -0.484 e. The van der Waals surface area contributed by atoms with Gasteiger partial charge in [-0.05, 0) is 30.4 Å². The molecule has 2 aromatic rings. The summed E-state index contributed by atoms with van der Waals surface area (Å²) in [5.74, 6) is -0.960. The quantitative estimate of drug-likeness (QED) is 0.361. The summed E-state index contributed by atoms with van der Waals surface area (Å²) in [6.07, 6.45) is -14.0. The molecule has 0 aliphatic carbocycles. The predicted octanol–water partition coefficient (Wildman–Crippen LogP) is 6.40. The molecule has 0 amide bonds. The molecule has 14 heteroatoms. The molecule has 2 aromatic carbocycles. The lowest BCUT2D eigenvalue weighted by Crippen LogP contribution is -2.21. The largest absolute Gasteiger partial charge is 0.484 e. The van der Waals surface area contributed by atoms with Gasteiger partial charge in [0.25, 0.3) is 0 Å². The van der Waals surface area contributed by atoms with E-state index in [-0.39, 0.29) is 16.5 Å². The van der Waals surface area contributed by atoms with Crippen molar-refractivity contribution in [2.75, 3.05) is 23.8 Å².